The highest BCUT2D eigenvalue weighted by atomic mass is 32.2. The number of hydrogen-bond donors (Lipinski definition) is 0. The van der Waals surface area contributed by atoms with Crippen LogP contribution in [0.25, 0.3) is 0 Å². The normalized spacial score (nSPS) is 20.9. The summed E-state index contributed by atoms with van der Waals surface area (Å²) in [6, 6.07) is 7.63. The van der Waals surface area contributed by atoms with Gasteiger partial charge in [-0.15, -0.1) is 0 Å². The Hall–Kier alpha value is -2.58. The third-order valence-electron chi connectivity index (χ3n) is 5.68. The average molecular weight is 442 g/mol. The highest BCUT2D eigenvalue weighted by Gasteiger charge is 2.41. The smallest absolute Gasteiger partial charge is 0.338 e. The molecule has 7 nitrogen and oxygen atoms in total. The van der Waals surface area contributed by atoms with Crippen LogP contribution in [-0.4, -0.2) is 59.8 Å². The van der Waals surface area contributed by atoms with E-state index in [0.717, 1.165) is 22.0 Å². The number of esters is 1. The number of amidine groups is 1. The van der Waals surface area contributed by atoms with Crippen molar-refractivity contribution in [3.8, 4) is 0 Å². The van der Waals surface area contributed by atoms with Crippen LogP contribution in [0, 0.1) is 6.92 Å². The molecule has 8 heteroatoms. The topological polar surface area (TPSA) is 71.4 Å². The number of hydrogen-bond acceptors (Lipinski definition) is 7. The van der Waals surface area contributed by atoms with Gasteiger partial charge in [-0.2, -0.15) is 0 Å². The monoisotopic (exact) mass is 441 g/mol. The van der Waals surface area contributed by atoms with E-state index in [1.807, 2.05) is 53.3 Å². The van der Waals surface area contributed by atoms with E-state index >= 15 is 0 Å². The van der Waals surface area contributed by atoms with Crippen molar-refractivity contribution in [3.05, 3.63) is 57.8 Å². The quantitative estimate of drug-likeness (QED) is 0.653. The Morgan fingerprint density at radius 3 is 2.68 bits per heavy atom. The van der Waals surface area contributed by atoms with E-state index < -0.39 is 0 Å². The van der Waals surface area contributed by atoms with Crippen LogP contribution in [0.5, 0.6) is 0 Å². The first kappa shape index (κ1) is 21.6. The molecule has 4 rings (SSSR count). The summed E-state index contributed by atoms with van der Waals surface area (Å²) in [5.74, 6) is -0.310. The number of aliphatic imine (C=N–C) groups is 1. The van der Waals surface area contributed by atoms with Crippen LogP contribution in [0.1, 0.15) is 37.4 Å². The number of aryl methyl sites for hydroxylation is 1. The molecule has 1 amide bonds. The second-order valence-electron chi connectivity index (χ2n) is 7.64. The van der Waals surface area contributed by atoms with Gasteiger partial charge in [-0.25, -0.2) is 9.79 Å². The highest BCUT2D eigenvalue weighted by molar-refractivity contribution is 8.16. The van der Waals surface area contributed by atoms with Crippen LogP contribution in [0.2, 0.25) is 0 Å². The molecule has 0 aromatic heterocycles. The fraction of sp³-hybridized carbons (Fsp3) is 0.435. The fourth-order valence-electron chi connectivity index (χ4n) is 4.11. The molecule has 1 atom stereocenters. The Morgan fingerprint density at radius 1 is 1.23 bits per heavy atom. The molecular weight excluding hydrogens is 414 g/mol. The van der Waals surface area contributed by atoms with Crippen molar-refractivity contribution in [1.29, 1.82) is 0 Å². The number of thioether (sulfide) groups is 1. The maximum Gasteiger partial charge on any atom is 0.338 e. The molecule has 1 fully saturated rings. The van der Waals surface area contributed by atoms with Gasteiger partial charge in [-0.3, -0.25) is 4.79 Å². The van der Waals surface area contributed by atoms with E-state index in [9.17, 15) is 9.59 Å². The molecule has 0 aliphatic carbocycles. The first-order valence-corrected chi connectivity index (χ1v) is 11.4. The van der Waals surface area contributed by atoms with Crippen LogP contribution in [0.4, 0.5) is 0 Å². The number of nitrogens with zero attached hydrogens (tertiary/aromatic N) is 3. The van der Waals surface area contributed by atoms with E-state index in [0.29, 0.717) is 44.2 Å². The molecule has 0 radical (unpaired) electrons. The van der Waals surface area contributed by atoms with E-state index in [1.165, 1.54) is 11.8 Å². The Kier molecular flexibility index (Phi) is 6.48. The lowest BCUT2D eigenvalue weighted by molar-refractivity contribution is -0.139. The minimum absolute atomic E-state index is 0.0592. The highest BCUT2D eigenvalue weighted by Crippen LogP contribution is 2.45. The largest absolute Gasteiger partial charge is 0.463 e. The summed E-state index contributed by atoms with van der Waals surface area (Å²) in [5.41, 5.74) is 4.10. The van der Waals surface area contributed by atoms with E-state index in [1.54, 1.807) is 6.92 Å². The lowest BCUT2D eigenvalue weighted by atomic mass is 9.91. The first-order valence-electron chi connectivity index (χ1n) is 10.5. The van der Waals surface area contributed by atoms with Gasteiger partial charge in [0.25, 0.3) is 0 Å². The van der Waals surface area contributed by atoms with Crippen molar-refractivity contribution in [1.82, 2.24) is 9.80 Å². The summed E-state index contributed by atoms with van der Waals surface area (Å²) in [7, 11) is 0. The molecule has 0 saturated carbocycles. The van der Waals surface area contributed by atoms with Crippen molar-refractivity contribution in [2.45, 2.75) is 33.2 Å². The number of morpholine rings is 1. The molecular formula is C23H27N3O4S. The zero-order valence-corrected chi connectivity index (χ0v) is 18.9. The minimum atomic E-state index is -0.383. The number of rotatable bonds is 5. The number of allylic oxidation sites excluding steroid dienone is 1. The molecule has 1 saturated heterocycles. The predicted molar refractivity (Wildman–Crippen MR) is 120 cm³/mol. The van der Waals surface area contributed by atoms with Gasteiger partial charge in [0.15, 0.2) is 5.17 Å². The molecule has 3 aliphatic rings. The standard InChI is InChI=1S/C23H27N3O4S/c1-4-30-22(28)20-16(3)24-23-26(21(20)18-8-6-5-7-15(18)2)17(14-31-23)13-19(27)25-9-11-29-12-10-25/h5-8,14,21H,4,9-13H2,1-3H3. The molecule has 0 N–H and O–H groups in total. The molecule has 1 aromatic carbocycles. The van der Waals surface area contributed by atoms with Crippen LogP contribution in [-0.2, 0) is 19.1 Å². The second-order valence-corrected chi connectivity index (χ2v) is 8.48. The lowest BCUT2D eigenvalue weighted by Crippen LogP contribution is -2.42. The maximum atomic E-state index is 13.0. The van der Waals surface area contributed by atoms with Gasteiger partial charge in [-0.05, 0) is 37.3 Å². The Morgan fingerprint density at radius 2 is 1.97 bits per heavy atom. The molecule has 3 aliphatic heterocycles. The van der Waals surface area contributed by atoms with E-state index in [4.69, 9.17) is 14.5 Å². The zero-order chi connectivity index (χ0) is 22.0. The van der Waals surface area contributed by atoms with Gasteiger partial charge in [0, 0.05) is 18.8 Å². The van der Waals surface area contributed by atoms with E-state index in [-0.39, 0.29) is 24.3 Å². The van der Waals surface area contributed by atoms with Crippen molar-refractivity contribution < 1.29 is 19.1 Å². The summed E-state index contributed by atoms with van der Waals surface area (Å²) < 4.78 is 10.8. The van der Waals surface area contributed by atoms with Gasteiger partial charge in [0.2, 0.25) is 5.91 Å². The molecule has 3 heterocycles. The molecule has 1 aromatic rings. The Bertz CT molecular complexity index is 979. The molecule has 1 unspecified atom stereocenters. The van der Waals surface area contributed by atoms with Crippen molar-refractivity contribution in [2.24, 2.45) is 4.99 Å². The number of ether oxygens (including phenoxy) is 2. The summed E-state index contributed by atoms with van der Waals surface area (Å²) >= 11 is 1.49. The summed E-state index contributed by atoms with van der Waals surface area (Å²) in [6.45, 7) is 8.31. The predicted octanol–water partition coefficient (Wildman–Crippen LogP) is 3.38. The maximum absolute atomic E-state index is 13.0. The minimum Gasteiger partial charge on any atom is -0.463 e. The SMILES string of the molecule is CCOC(=O)C1=C(C)N=C2SC=C(CC(=O)N3CCOCC3)N2C1c1ccccc1C. The number of benzene rings is 1. The third-order valence-corrected chi connectivity index (χ3v) is 6.56. The molecule has 0 bridgehead atoms. The fourth-order valence-corrected chi connectivity index (χ4v) is 5.07. The van der Waals surface area contributed by atoms with Crippen molar-refractivity contribution >= 4 is 28.8 Å². The lowest BCUT2D eigenvalue weighted by Gasteiger charge is -2.37. The van der Waals surface area contributed by atoms with E-state index in [2.05, 4.69) is 0 Å². The van der Waals surface area contributed by atoms with Crippen molar-refractivity contribution in [2.75, 3.05) is 32.9 Å². The van der Waals surface area contributed by atoms with Crippen molar-refractivity contribution in [3.63, 3.8) is 0 Å². The Labute approximate surface area is 186 Å². The first-order chi connectivity index (χ1) is 15.0. The van der Waals surface area contributed by atoms with Gasteiger partial charge in [-0.1, -0.05) is 36.0 Å². The molecule has 31 heavy (non-hydrogen) atoms. The molecule has 0 spiro atoms. The summed E-state index contributed by atoms with van der Waals surface area (Å²) in [6.07, 6.45) is 0.254. The number of carbonyl (C=O) groups is 2. The average Bonchev–Trinajstić information content (AvgIpc) is 3.16. The van der Waals surface area contributed by atoms with Crippen LogP contribution >= 0.6 is 11.8 Å². The Balaban J connectivity index is 1.71. The van der Waals surface area contributed by atoms with Crippen LogP contribution < -0.4 is 0 Å². The van der Waals surface area contributed by atoms with Gasteiger partial charge in [0.1, 0.15) is 0 Å². The second kappa shape index (κ2) is 9.28. The number of amides is 1. The zero-order valence-electron chi connectivity index (χ0n) is 18.1. The van der Waals surface area contributed by atoms with Gasteiger partial charge < -0.3 is 19.3 Å². The number of carbonyl (C=O) groups excluding carboxylic acids is 2. The molecule has 164 valence electrons. The van der Waals surface area contributed by atoms with Gasteiger partial charge >= 0.3 is 5.97 Å². The third kappa shape index (κ3) is 4.27. The summed E-state index contributed by atoms with van der Waals surface area (Å²) in [5, 5.41) is 2.76. The number of fused-ring (bicyclic) bond motifs is 1. The van der Waals surface area contributed by atoms with Gasteiger partial charge in [0.05, 0.1) is 43.6 Å². The van der Waals surface area contributed by atoms with Crippen LogP contribution in [0.3, 0.4) is 0 Å². The van der Waals surface area contributed by atoms with Crippen LogP contribution in [0.15, 0.2) is 51.6 Å². The summed E-state index contributed by atoms with van der Waals surface area (Å²) in [4.78, 5) is 34.5.